The van der Waals surface area contributed by atoms with Gasteiger partial charge in [0.25, 0.3) is 0 Å². The minimum atomic E-state index is 0.686. The van der Waals surface area contributed by atoms with Gasteiger partial charge >= 0.3 is 0 Å². The SMILES string of the molecule is CCNC1CC2CCC(C1)N2CC1(CC)CCCC1. The molecule has 0 aromatic carbocycles. The van der Waals surface area contributed by atoms with Gasteiger partial charge in [0.1, 0.15) is 0 Å². The number of nitrogens with zero attached hydrogens (tertiary/aromatic N) is 1. The lowest BCUT2D eigenvalue weighted by molar-refractivity contribution is 0.0604. The Morgan fingerprint density at radius 3 is 2.21 bits per heavy atom. The molecule has 3 aliphatic rings. The maximum atomic E-state index is 3.70. The fourth-order valence-corrected chi connectivity index (χ4v) is 5.12. The molecule has 0 aromatic rings. The van der Waals surface area contributed by atoms with E-state index in [-0.39, 0.29) is 0 Å². The zero-order valence-corrected chi connectivity index (χ0v) is 13.0. The van der Waals surface area contributed by atoms with E-state index in [2.05, 4.69) is 24.1 Å². The Labute approximate surface area is 119 Å². The molecular formula is C17H32N2. The first kappa shape index (κ1) is 13.9. The highest BCUT2D eigenvalue weighted by Crippen LogP contribution is 2.45. The van der Waals surface area contributed by atoms with Crippen molar-refractivity contribution >= 4 is 0 Å². The molecule has 19 heavy (non-hydrogen) atoms. The first-order valence-electron chi connectivity index (χ1n) is 8.75. The zero-order valence-electron chi connectivity index (χ0n) is 13.0. The molecule has 3 rings (SSSR count). The lowest BCUT2D eigenvalue weighted by Gasteiger charge is -2.44. The maximum absolute atomic E-state index is 3.70. The highest BCUT2D eigenvalue weighted by molar-refractivity contribution is 5.00. The van der Waals surface area contributed by atoms with E-state index < -0.39 is 0 Å². The zero-order chi connectivity index (χ0) is 13.3. The van der Waals surface area contributed by atoms with Crippen LogP contribution in [-0.4, -0.2) is 36.1 Å². The van der Waals surface area contributed by atoms with Gasteiger partial charge in [-0.05, 0) is 56.9 Å². The first-order chi connectivity index (χ1) is 9.26. The van der Waals surface area contributed by atoms with Gasteiger partial charge in [-0.1, -0.05) is 26.7 Å². The van der Waals surface area contributed by atoms with Gasteiger partial charge in [-0.3, -0.25) is 4.90 Å². The van der Waals surface area contributed by atoms with Crippen molar-refractivity contribution in [3.05, 3.63) is 0 Å². The van der Waals surface area contributed by atoms with Gasteiger partial charge in [-0.25, -0.2) is 0 Å². The van der Waals surface area contributed by atoms with Crippen molar-refractivity contribution in [2.75, 3.05) is 13.1 Å². The summed E-state index contributed by atoms with van der Waals surface area (Å²) in [7, 11) is 0. The predicted octanol–water partition coefficient (Wildman–Crippen LogP) is 3.56. The van der Waals surface area contributed by atoms with Crippen molar-refractivity contribution in [2.45, 2.75) is 89.8 Å². The van der Waals surface area contributed by atoms with Crippen LogP contribution in [0.5, 0.6) is 0 Å². The lowest BCUT2D eigenvalue weighted by Crippen LogP contribution is -2.52. The summed E-state index contributed by atoms with van der Waals surface area (Å²) in [6, 6.07) is 2.60. The molecule has 2 nitrogen and oxygen atoms in total. The van der Waals surface area contributed by atoms with Crippen LogP contribution >= 0.6 is 0 Å². The second kappa shape index (κ2) is 5.73. The summed E-state index contributed by atoms with van der Waals surface area (Å²) in [6.07, 6.45) is 13.1. The number of hydrogen-bond donors (Lipinski definition) is 1. The standard InChI is InChI=1S/C17H32N2/c1-3-17(9-5-6-10-17)13-19-15-7-8-16(19)12-14(11-15)18-4-2/h14-16,18H,3-13H2,1-2H3. The smallest absolute Gasteiger partial charge is 0.0114 e. The van der Waals surface area contributed by atoms with Crippen molar-refractivity contribution in [1.82, 2.24) is 10.2 Å². The second-order valence-electron chi connectivity index (χ2n) is 7.34. The van der Waals surface area contributed by atoms with Gasteiger partial charge in [-0.15, -0.1) is 0 Å². The van der Waals surface area contributed by atoms with Crippen LogP contribution in [-0.2, 0) is 0 Å². The average molecular weight is 264 g/mol. The highest BCUT2D eigenvalue weighted by atomic mass is 15.2. The van der Waals surface area contributed by atoms with Crippen molar-refractivity contribution in [2.24, 2.45) is 5.41 Å². The van der Waals surface area contributed by atoms with Gasteiger partial charge in [0.05, 0.1) is 0 Å². The van der Waals surface area contributed by atoms with Crippen molar-refractivity contribution in [3.63, 3.8) is 0 Å². The average Bonchev–Trinajstić information content (AvgIpc) is 2.96. The molecule has 0 amide bonds. The Bertz CT molecular complexity index is 282. The lowest BCUT2D eigenvalue weighted by atomic mass is 9.81. The minimum absolute atomic E-state index is 0.686. The van der Waals surface area contributed by atoms with Crippen LogP contribution in [0.2, 0.25) is 0 Å². The summed E-state index contributed by atoms with van der Waals surface area (Å²) in [5, 5.41) is 3.70. The largest absolute Gasteiger partial charge is 0.314 e. The third-order valence-electron chi connectivity index (χ3n) is 6.31. The molecule has 2 unspecified atom stereocenters. The molecule has 0 radical (unpaired) electrons. The molecule has 2 saturated heterocycles. The number of fused-ring (bicyclic) bond motifs is 2. The van der Waals surface area contributed by atoms with Crippen molar-refractivity contribution in [1.29, 1.82) is 0 Å². The fourth-order valence-electron chi connectivity index (χ4n) is 5.12. The minimum Gasteiger partial charge on any atom is -0.314 e. The molecular weight excluding hydrogens is 232 g/mol. The molecule has 0 aromatic heterocycles. The van der Waals surface area contributed by atoms with Crippen molar-refractivity contribution in [3.8, 4) is 0 Å². The molecule has 2 atom stereocenters. The summed E-state index contributed by atoms with van der Waals surface area (Å²) < 4.78 is 0. The van der Waals surface area contributed by atoms with Gasteiger partial charge in [0.2, 0.25) is 0 Å². The van der Waals surface area contributed by atoms with E-state index in [1.807, 2.05) is 0 Å². The van der Waals surface area contributed by atoms with Gasteiger partial charge in [0.15, 0.2) is 0 Å². The van der Waals surface area contributed by atoms with E-state index in [9.17, 15) is 0 Å². The van der Waals surface area contributed by atoms with E-state index in [1.54, 1.807) is 0 Å². The van der Waals surface area contributed by atoms with Gasteiger partial charge < -0.3 is 5.32 Å². The Balaban J connectivity index is 1.63. The number of nitrogens with one attached hydrogen (secondary N) is 1. The maximum Gasteiger partial charge on any atom is 0.0114 e. The quantitative estimate of drug-likeness (QED) is 0.817. The topological polar surface area (TPSA) is 15.3 Å². The fraction of sp³-hybridized carbons (Fsp3) is 1.00. The highest BCUT2D eigenvalue weighted by Gasteiger charge is 2.44. The monoisotopic (exact) mass is 264 g/mol. The summed E-state index contributed by atoms with van der Waals surface area (Å²) >= 11 is 0. The first-order valence-corrected chi connectivity index (χ1v) is 8.75. The molecule has 2 heterocycles. The summed E-state index contributed by atoms with van der Waals surface area (Å²) in [6.45, 7) is 7.23. The third-order valence-corrected chi connectivity index (χ3v) is 6.31. The molecule has 1 N–H and O–H groups in total. The van der Waals surface area contributed by atoms with E-state index in [0.717, 1.165) is 24.7 Å². The van der Waals surface area contributed by atoms with Crippen LogP contribution in [0, 0.1) is 5.41 Å². The van der Waals surface area contributed by atoms with Crippen LogP contribution in [0.3, 0.4) is 0 Å². The van der Waals surface area contributed by atoms with Crippen LogP contribution in [0.1, 0.15) is 71.6 Å². The number of rotatable bonds is 5. The van der Waals surface area contributed by atoms with Crippen LogP contribution in [0.25, 0.3) is 0 Å². The van der Waals surface area contributed by atoms with E-state index in [1.165, 1.54) is 64.3 Å². The van der Waals surface area contributed by atoms with Crippen LogP contribution in [0.15, 0.2) is 0 Å². The Morgan fingerprint density at radius 2 is 1.68 bits per heavy atom. The molecule has 110 valence electrons. The number of piperidine rings is 1. The molecule has 0 spiro atoms. The third kappa shape index (κ3) is 2.71. The van der Waals surface area contributed by atoms with E-state index in [0.29, 0.717) is 5.41 Å². The normalized spacial score (nSPS) is 37.9. The van der Waals surface area contributed by atoms with Gasteiger partial charge in [-0.2, -0.15) is 0 Å². The summed E-state index contributed by atoms with van der Waals surface area (Å²) in [5.74, 6) is 0. The van der Waals surface area contributed by atoms with Crippen LogP contribution in [0.4, 0.5) is 0 Å². The predicted molar refractivity (Wildman–Crippen MR) is 81.4 cm³/mol. The molecule has 3 fully saturated rings. The molecule has 2 bridgehead atoms. The van der Waals surface area contributed by atoms with E-state index in [4.69, 9.17) is 0 Å². The van der Waals surface area contributed by atoms with E-state index >= 15 is 0 Å². The Hall–Kier alpha value is -0.0800. The Kier molecular flexibility index (Phi) is 4.19. The Morgan fingerprint density at radius 1 is 1.05 bits per heavy atom. The molecule has 2 heteroatoms. The summed E-state index contributed by atoms with van der Waals surface area (Å²) in [5.41, 5.74) is 0.686. The molecule has 2 aliphatic heterocycles. The molecule has 1 saturated carbocycles. The van der Waals surface area contributed by atoms with Gasteiger partial charge in [0, 0.05) is 24.7 Å². The number of hydrogen-bond acceptors (Lipinski definition) is 2. The second-order valence-corrected chi connectivity index (χ2v) is 7.34. The van der Waals surface area contributed by atoms with Crippen molar-refractivity contribution < 1.29 is 0 Å². The molecule has 1 aliphatic carbocycles. The summed E-state index contributed by atoms with van der Waals surface area (Å²) in [4.78, 5) is 2.93. The van der Waals surface area contributed by atoms with Crippen LogP contribution < -0.4 is 5.32 Å².